The average molecular weight is 306 g/mol. The van der Waals surface area contributed by atoms with Gasteiger partial charge in [0.1, 0.15) is 18.5 Å². The molecule has 124 valence electrons. The summed E-state index contributed by atoms with van der Waals surface area (Å²) in [5.41, 5.74) is 0. The quantitative estimate of drug-likeness (QED) is 0.569. The number of ether oxygens (including phenoxy) is 1. The lowest BCUT2D eigenvalue weighted by Crippen LogP contribution is -2.25. The van der Waals surface area contributed by atoms with Crippen LogP contribution >= 0.6 is 0 Å². The van der Waals surface area contributed by atoms with E-state index in [1.165, 1.54) is 32.1 Å². The predicted octanol–water partition coefficient (Wildman–Crippen LogP) is 6.04. The van der Waals surface area contributed by atoms with Gasteiger partial charge in [0, 0.05) is 0 Å². The molecule has 0 bridgehead atoms. The van der Waals surface area contributed by atoms with Gasteiger partial charge in [0.2, 0.25) is 0 Å². The standard InChI is InChI=1S/C20H31FO/c1-3-16-10-12-18(13-11-16)17(4-2)14-19(21)15-22-20-8-6-5-7-9-20/h5-9,16-19H,3-4,10-15H2,1-2H3. The summed E-state index contributed by atoms with van der Waals surface area (Å²) in [5.74, 6) is 2.92. The third-order valence-corrected chi connectivity index (χ3v) is 5.39. The smallest absolute Gasteiger partial charge is 0.134 e. The van der Waals surface area contributed by atoms with E-state index in [1.807, 2.05) is 30.3 Å². The van der Waals surface area contributed by atoms with Crippen LogP contribution in [0.4, 0.5) is 4.39 Å². The van der Waals surface area contributed by atoms with Gasteiger partial charge in [0.25, 0.3) is 0 Å². The maximum atomic E-state index is 14.3. The molecule has 0 aliphatic heterocycles. The van der Waals surface area contributed by atoms with Gasteiger partial charge in [-0.1, -0.05) is 57.7 Å². The van der Waals surface area contributed by atoms with Gasteiger partial charge >= 0.3 is 0 Å². The number of alkyl halides is 1. The molecule has 1 saturated carbocycles. The summed E-state index contributed by atoms with van der Waals surface area (Å²) in [5, 5.41) is 0. The summed E-state index contributed by atoms with van der Waals surface area (Å²) < 4.78 is 19.9. The Labute approximate surface area is 135 Å². The van der Waals surface area contributed by atoms with Crippen molar-refractivity contribution in [2.24, 2.45) is 17.8 Å². The average Bonchev–Trinajstić information content (AvgIpc) is 2.59. The van der Waals surface area contributed by atoms with Crippen LogP contribution in [0, 0.1) is 17.8 Å². The molecule has 2 atom stereocenters. The maximum absolute atomic E-state index is 14.3. The molecule has 2 unspecified atom stereocenters. The minimum atomic E-state index is -0.853. The van der Waals surface area contributed by atoms with Crippen LogP contribution in [0.5, 0.6) is 5.75 Å². The third-order valence-electron chi connectivity index (χ3n) is 5.39. The highest BCUT2D eigenvalue weighted by molar-refractivity contribution is 5.20. The molecule has 0 amide bonds. The molecule has 0 saturated heterocycles. The second kappa shape index (κ2) is 9.17. The molecule has 1 aliphatic rings. The van der Waals surface area contributed by atoms with Crippen molar-refractivity contribution in [1.82, 2.24) is 0 Å². The van der Waals surface area contributed by atoms with Gasteiger partial charge in [0.15, 0.2) is 0 Å². The van der Waals surface area contributed by atoms with Crippen LogP contribution in [-0.2, 0) is 0 Å². The molecule has 1 nitrogen and oxygen atoms in total. The highest BCUT2D eigenvalue weighted by Crippen LogP contribution is 2.38. The highest BCUT2D eigenvalue weighted by atomic mass is 19.1. The zero-order valence-electron chi connectivity index (χ0n) is 14.1. The Kier molecular flexibility index (Phi) is 7.21. The van der Waals surface area contributed by atoms with Crippen LogP contribution in [-0.4, -0.2) is 12.8 Å². The van der Waals surface area contributed by atoms with Crippen molar-refractivity contribution in [3.63, 3.8) is 0 Å². The van der Waals surface area contributed by atoms with E-state index in [1.54, 1.807) is 0 Å². The van der Waals surface area contributed by atoms with Crippen molar-refractivity contribution in [3.05, 3.63) is 30.3 Å². The van der Waals surface area contributed by atoms with Gasteiger partial charge in [-0.15, -0.1) is 0 Å². The molecule has 1 fully saturated rings. The Bertz CT molecular complexity index is 397. The summed E-state index contributed by atoms with van der Waals surface area (Å²) in [4.78, 5) is 0. The van der Waals surface area contributed by atoms with Crippen LogP contribution in [0.1, 0.15) is 58.8 Å². The molecule has 2 rings (SSSR count). The van der Waals surface area contributed by atoms with Crippen LogP contribution in [0.25, 0.3) is 0 Å². The molecule has 1 aliphatic carbocycles. The number of benzene rings is 1. The van der Waals surface area contributed by atoms with E-state index in [2.05, 4.69) is 13.8 Å². The van der Waals surface area contributed by atoms with Crippen molar-refractivity contribution >= 4 is 0 Å². The second-order valence-corrected chi connectivity index (χ2v) is 6.81. The lowest BCUT2D eigenvalue weighted by molar-refractivity contribution is 0.124. The molecule has 0 heterocycles. The van der Waals surface area contributed by atoms with E-state index in [0.29, 0.717) is 12.3 Å². The van der Waals surface area contributed by atoms with Crippen molar-refractivity contribution in [1.29, 1.82) is 0 Å². The van der Waals surface area contributed by atoms with Gasteiger partial charge in [-0.25, -0.2) is 4.39 Å². The Morgan fingerprint density at radius 3 is 2.36 bits per heavy atom. The van der Waals surface area contributed by atoms with Gasteiger partial charge in [0.05, 0.1) is 0 Å². The van der Waals surface area contributed by atoms with Crippen LogP contribution in [0.3, 0.4) is 0 Å². The first-order valence-electron chi connectivity index (χ1n) is 9.04. The van der Waals surface area contributed by atoms with E-state index in [0.717, 1.165) is 24.0 Å². The molecule has 1 aromatic rings. The summed E-state index contributed by atoms with van der Waals surface area (Å²) in [6.45, 7) is 4.69. The molecular weight excluding hydrogens is 275 g/mol. The zero-order chi connectivity index (χ0) is 15.8. The second-order valence-electron chi connectivity index (χ2n) is 6.81. The predicted molar refractivity (Wildman–Crippen MR) is 91.0 cm³/mol. The van der Waals surface area contributed by atoms with Gasteiger partial charge < -0.3 is 4.74 Å². The minimum Gasteiger partial charge on any atom is -0.491 e. The van der Waals surface area contributed by atoms with Crippen LogP contribution in [0.15, 0.2) is 30.3 Å². The normalized spacial score (nSPS) is 24.7. The molecule has 0 N–H and O–H groups in total. The monoisotopic (exact) mass is 306 g/mol. The highest BCUT2D eigenvalue weighted by Gasteiger charge is 2.28. The maximum Gasteiger partial charge on any atom is 0.134 e. The molecular formula is C20H31FO. The first kappa shape index (κ1) is 17.3. The summed E-state index contributed by atoms with van der Waals surface area (Å²) >= 11 is 0. The number of hydrogen-bond donors (Lipinski definition) is 0. The van der Waals surface area contributed by atoms with E-state index in [-0.39, 0.29) is 6.61 Å². The summed E-state index contributed by atoms with van der Waals surface area (Å²) in [6.07, 6.45) is 7.48. The number of hydrogen-bond acceptors (Lipinski definition) is 1. The zero-order valence-corrected chi connectivity index (χ0v) is 14.1. The number of para-hydroxylation sites is 1. The first-order valence-corrected chi connectivity index (χ1v) is 9.04. The van der Waals surface area contributed by atoms with Gasteiger partial charge in [-0.05, 0) is 49.1 Å². The topological polar surface area (TPSA) is 9.23 Å². The summed E-state index contributed by atoms with van der Waals surface area (Å²) in [7, 11) is 0. The number of halogens is 1. The third kappa shape index (κ3) is 5.30. The van der Waals surface area contributed by atoms with Gasteiger partial charge in [-0.2, -0.15) is 0 Å². The van der Waals surface area contributed by atoms with Crippen molar-refractivity contribution < 1.29 is 9.13 Å². The lowest BCUT2D eigenvalue weighted by atomic mass is 9.73. The van der Waals surface area contributed by atoms with Crippen molar-refractivity contribution in [3.8, 4) is 5.75 Å². The van der Waals surface area contributed by atoms with Gasteiger partial charge in [-0.3, -0.25) is 0 Å². The van der Waals surface area contributed by atoms with E-state index in [9.17, 15) is 4.39 Å². The first-order chi connectivity index (χ1) is 10.7. The van der Waals surface area contributed by atoms with Crippen molar-refractivity contribution in [2.75, 3.05) is 6.61 Å². The Morgan fingerprint density at radius 1 is 1.09 bits per heavy atom. The summed E-state index contributed by atoms with van der Waals surface area (Å²) in [6, 6.07) is 9.55. The van der Waals surface area contributed by atoms with E-state index < -0.39 is 6.17 Å². The van der Waals surface area contributed by atoms with Crippen LogP contribution in [0.2, 0.25) is 0 Å². The fraction of sp³-hybridized carbons (Fsp3) is 0.700. The fourth-order valence-electron chi connectivity index (χ4n) is 3.86. The molecule has 2 heteroatoms. The van der Waals surface area contributed by atoms with Crippen LogP contribution < -0.4 is 4.74 Å². The van der Waals surface area contributed by atoms with Crippen molar-refractivity contribution in [2.45, 2.75) is 65.0 Å². The number of rotatable bonds is 8. The molecule has 22 heavy (non-hydrogen) atoms. The molecule has 0 radical (unpaired) electrons. The Morgan fingerprint density at radius 2 is 1.77 bits per heavy atom. The fourth-order valence-corrected chi connectivity index (χ4v) is 3.86. The minimum absolute atomic E-state index is 0.185. The van der Waals surface area contributed by atoms with E-state index >= 15 is 0 Å². The molecule has 0 aromatic heterocycles. The molecule has 1 aromatic carbocycles. The molecule has 0 spiro atoms. The Balaban J connectivity index is 1.75. The largest absolute Gasteiger partial charge is 0.491 e. The SMILES string of the molecule is CCC1CCC(C(CC)CC(F)COc2ccccc2)CC1. The lowest BCUT2D eigenvalue weighted by Gasteiger charge is -2.33. The van der Waals surface area contributed by atoms with E-state index in [4.69, 9.17) is 4.74 Å². The Hall–Kier alpha value is -1.05.